The summed E-state index contributed by atoms with van der Waals surface area (Å²) in [6.45, 7) is 6.41. The van der Waals surface area contributed by atoms with Gasteiger partial charge in [0.2, 0.25) is 0 Å². The van der Waals surface area contributed by atoms with E-state index in [1.807, 2.05) is 31.7 Å². The van der Waals surface area contributed by atoms with Gasteiger partial charge in [-0.25, -0.2) is 0 Å². The fourth-order valence-electron chi connectivity index (χ4n) is 3.78. The second-order valence-corrected chi connectivity index (χ2v) is 7.65. The van der Waals surface area contributed by atoms with Crippen LogP contribution in [-0.4, -0.2) is 16.8 Å². The molecule has 36 heavy (non-hydrogen) atoms. The summed E-state index contributed by atoms with van der Waals surface area (Å²) in [6.07, 6.45) is 28.2. The zero-order valence-electron chi connectivity index (χ0n) is 22.3. The third-order valence-electron chi connectivity index (χ3n) is 5.43. The number of allylic oxidation sites excluding steroid dienone is 8. The Labute approximate surface area is 250 Å². The summed E-state index contributed by atoms with van der Waals surface area (Å²) in [5.74, 6) is 0. The first-order valence-corrected chi connectivity index (χ1v) is 17.5. The first-order chi connectivity index (χ1) is 15.8. The topological polar surface area (TPSA) is 25.8 Å². The molecular weight excluding hydrogens is 579 g/mol. The summed E-state index contributed by atoms with van der Waals surface area (Å²) in [4.78, 5) is 8.09. The molecule has 0 aliphatic heterocycles. The van der Waals surface area contributed by atoms with Crippen LogP contribution in [0.4, 0.5) is 0 Å². The number of nitrogens with zero attached hydrogens (tertiary/aromatic N) is 2. The van der Waals surface area contributed by atoms with Gasteiger partial charge in [0.15, 0.2) is 0 Å². The zero-order chi connectivity index (χ0) is 23.0. The van der Waals surface area contributed by atoms with E-state index in [1.54, 1.807) is 23.3 Å². The van der Waals surface area contributed by atoms with Crippen molar-refractivity contribution in [2.75, 3.05) is 0 Å². The molecule has 2 aliphatic carbocycles. The summed E-state index contributed by atoms with van der Waals surface area (Å²) in [6, 6.07) is 8.25. The van der Waals surface area contributed by atoms with Crippen LogP contribution in [0.25, 0.3) is 11.1 Å². The first-order valence-electron chi connectivity index (χ1n) is 11.6. The Hall–Kier alpha value is -1.06. The molecule has 0 N–H and O–H groups in total. The number of hydrogen-bond acceptors (Lipinski definition) is 2. The minimum atomic E-state index is 0. The van der Waals surface area contributed by atoms with Crippen molar-refractivity contribution in [2.24, 2.45) is 0 Å². The Kier molecular flexibility index (Phi) is 26.6. The summed E-state index contributed by atoms with van der Waals surface area (Å²) >= 11 is 1.58. The van der Waals surface area contributed by atoms with E-state index in [1.165, 1.54) is 71.9 Å². The molecule has 0 saturated heterocycles. The van der Waals surface area contributed by atoms with E-state index < -0.39 is 0 Å². The van der Waals surface area contributed by atoms with Gasteiger partial charge in [0.25, 0.3) is 0 Å². The fraction of sp³-hybridized carbons (Fsp3) is 0.333. The molecule has 2 aromatic heterocycles. The summed E-state index contributed by atoms with van der Waals surface area (Å²) < 4.78 is 0. The average molecular weight is 621 g/mol. The Balaban J connectivity index is -0.000000513. The second-order valence-electron chi connectivity index (χ2n) is 7.65. The number of rotatable bonds is 8. The van der Waals surface area contributed by atoms with E-state index >= 15 is 0 Å². The maximum atomic E-state index is 4.04. The van der Waals surface area contributed by atoms with Crippen molar-refractivity contribution in [1.82, 2.24) is 9.97 Å². The first kappa shape index (κ1) is 39.5. The predicted molar refractivity (Wildman–Crippen MR) is 162 cm³/mol. The van der Waals surface area contributed by atoms with Crippen LogP contribution in [-0.2, 0) is 23.3 Å². The van der Waals surface area contributed by atoms with Crippen LogP contribution >= 0.6 is 24.8 Å². The molecule has 0 amide bonds. The maximum absolute atomic E-state index is 4.04. The van der Waals surface area contributed by atoms with Gasteiger partial charge in [0, 0.05) is 24.8 Å². The van der Waals surface area contributed by atoms with E-state index in [9.17, 15) is 0 Å². The van der Waals surface area contributed by atoms with Gasteiger partial charge in [-0.1, -0.05) is 89.5 Å². The number of hydrogen-bond donors (Lipinski definition) is 0. The van der Waals surface area contributed by atoms with Gasteiger partial charge in [-0.05, 0) is 0 Å². The minimum absolute atomic E-state index is 0. The number of halogens is 2. The van der Waals surface area contributed by atoms with Crippen LogP contribution in [0.2, 0.25) is 0 Å². The van der Waals surface area contributed by atoms with Gasteiger partial charge in [-0.2, -0.15) is 34.4 Å². The van der Waals surface area contributed by atoms with E-state index in [4.69, 9.17) is 0 Å². The molecule has 6 heteroatoms. The molecule has 0 radical (unpaired) electrons. The van der Waals surface area contributed by atoms with Crippen molar-refractivity contribution < 1.29 is 23.3 Å². The van der Waals surface area contributed by atoms with Crippen LogP contribution in [0.3, 0.4) is 0 Å². The predicted octanol–water partition coefficient (Wildman–Crippen LogP) is 8.40. The Morgan fingerprint density at radius 1 is 0.694 bits per heavy atom. The standard InChI is InChI=1S/2C14H16N.2CH3.2ClH.H2Si.Zr/c2*1-2-3-5-12-6-4-7-14(12)13-8-10-15-11-9-13;;;;;;/h2*6,8-11H,2-5H2,1H3;2*1H3;2*1H;1H2;/q4*-1;;;;. The van der Waals surface area contributed by atoms with E-state index in [0.29, 0.717) is 0 Å². The van der Waals surface area contributed by atoms with Gasteiger partial charge in [-0.15, -0.1) is 48.1 Å². The van der Waals surface area contributed by atoms with Crippen molar-refractivity contribution in [2.45, 2.75) is 65.2 Å². The van der Waals surface area contributed by atoms with Crippen LogP contribution in [0.15, 0.2) is 72.4 Å². The van der Waals surface area contributed by atoms with Gasteiger partial charge in [0.1, 0.15) is 0 Å². The molecule has 2 aromatic rings. The second kappa shape index (κ2) is 24.3. The summed E-state index contributed by atoms with van der Waals surface area (Å²) in [5.41, 5.74) is 8.03. The normalized spacial score (nSPS) is 12.6. The van der Waals surface area contributed by atoms with E-state index in [2.05, 4.69) is 72.4 Å². The van der Waals surface area contributed by atoms with Crippen molar-refractivity contribution in [3.8, 4) is 0 Å². The zero-order valence-corrected chi connectivity index (χ0v) is 27.9. The molecule has 0 atom stereocenters. The Bertz CT molecular complexity index is 864. The third kappa shape index (κ3) is 13.0. The third-order valence-corrected chi connectivity index (χ3v) is 5.43. The van der Waals surface area contributed by atoms with Crippen LogP contribution in [0.1, 0.15) is 76.3 Å². The van der Waals surface area contributed by atoms with E-state index in [-0.39, 0.29) is 39.7 Å². The monoisotopic (exact) mass is 618 g/mol. The van der Waals surface area contributed by atoms with Crippen molar-refractivity contribution in [3.05, 3.63) is 110 Å². The van der Waals surface area contributed by atoms with Crippen molar-refractivity contribution in [1.29, 1.82) is 0 Å². The van der Waals surface area contributed by atoms with Crippen LogP contribution in [0.5, 0.6) is 0 Å². The van der Waals surface area contributed by atoms with Gasteiger partial charge in [0.05, 0.1) is 0 Å². The Morgan fingerprint density at radius 3 is 1.33 bits per heavy atom. The number of aromatic nitrogens is 2. The molecule has 0 bridgehead atoms. The van der Waals surface area contributed by atoms with Crippen molar-refractivity contribution >= 4 is 42.8 Å². The number of unbranched alkanes of at least 4 members (excludes halogenated alkanes) is 2. The van der Waals surface area contributed by atoms with Crippen LogP contribution in [0, 0.1) is 27.0 Å². The van der Waals surface area contributed by atoms with Crippen LogP contribution < -0.4 is 0 Å². The quantitative estimate of drug-likeness (QED) is 0.219. The molecule has 4 rings (SSSR count). The van der Waals surface area contributed by atoms with Gasteiger partial charge < -0.3 is 14.9 Å². The van der Waals surface area contributed by atoms with E-state index in [0.717, 1.165) is 12.8 Å². The molecule has 2 aliphatic rings. The molecular formula is C30H42Cl2N2SiZr-4. The Morgan fingerprint density at radius 2 is 1.03 bits per heavy atom. The molecule has 198 valence electrons. The summed E-state index contributed by atoms with van der Waals surface area (Å²) in [7, 11) is 0. The molecule has 0 aromatic carbocycles. The SMILES string of the molecule is CCCCC1=CC[C-]=C1c1ccncc1.CCCCC1=CC[C-]=C1c1ccncc1.Cl.Cl.[CH3-].[CH3-].[SiH2]=[Zr]. The summed E-state index contributed by atoms with van der Waals surface area (Å²) in [5, 5.41) is 0. The van der Waals surface area contributed by atoms with Gasteiger partial charge in [-0.3, -0.25) is 9.97 Å². The fourth-order valence-corrected chi connectivity index (χ4v) is 3.78. The van der Waals surface area contributed by atoms with Crippen molar-refractivity contribution in [3.63, 3.8) is 0 Å². The van der Waals surface area contributed by atoms with Gasteiger partial charge >= 0.3 is 30.2 Å². The molecule has 0 spiro atoms. The number of pyridine rings is 2. The molecule has 0 unspecified atom stereocenters. The average Bonchev–Trinajstić information content (AvgIpc) is 3.54. The molecule has 2 nitrogen and oxygen atoms in total. The molecule has 0 fully saturated rings. The molecule has 0 saturated carbocycles. The molecule has 2 heterocycles.